The molecule has 0 saturated heterocycles. The molecule has 332 valence electrons. The van der Waals surface area contributed by atoms with Crippen LogP contribution in [0, 0.1) is 6.92 Å². The van der Waals surface area contributed by atoms with Gasteiger partial charge in [-0.1, -0.05) is 12.1 Å². The zero-order valence-electron chi connectivity index (χ0n) is 36.0. The summed E-state index contributed by atoms with van der Waals surface area (Å²) in [5.41, 5.74) is 0.215. The van der Waals surface area contributed by atoms with Gasteiger partial charge in [-0.3, -0.25) is 9.59 Å². The van der Waals surface area contributed by atoms with Crippen LogP contribution >= 0.6 is 0 Å². The second kappa shape index (κ2) is 15.5. The van der Waals surface area contributed by atoms with Gasteiger partial charge in [-0.15, -0.1) is 0 Å². The Morgan fingerprint density at radius 3 is 1.62 bits per heavy atom. The fraction of sp³-hybridized carbons (Fsp3) is 0.349. The predicted octanol–water partition coefficient (Wildman–Crippen LogP) is 0.748. The molecule has 0 amide bonds. The smallest absolute Gasteiger partial charge is 0.348 e. The maximum Gasteiger partial charge on any atom is 0.348 e. The zero-order valence-corrected chi connectivity index (χ0v) is 36.0. The highest BCUT2D eigenvalue weighted by Crippen LogP contribution is 2.39. The molecule has 4 aromatic heterocycles. The molecule has 0 radical (unpaired) electrons. The number of ether oxygens (including phenoxy) is 4. The third-order valence-corrected chi connectivity index (χ3v) is 12.3. The lowest BCUT2D eigenvalue weighted by Gasteiger charge is -2.37. The summed E-state index contributed by atoms with van der Waals surface area (Å²) < 4.78 is 31.7. The number of aromatic hydroxyl groups is 1. The minimum absolute atomic E-state index is 0.0216. The minimum Gasteiger partial charge on any atom is -0.508 e. The molecule has 0 spiro atoms. The number of nitrogens with zero attached hydrogens (tertiary/aromatic N) is 10. The van der Waals surface area contributed by atoms with Gasteiger partial charge in [-0.25, -0.2) is 57.0 Å². The summed E-state index contributed by atoms with van der Waals surface area (Å²) in [5.74, 6) is 1.67. The summed E-state index contributed by atoms with van der Waals surface area (Å²) in [6.07, 6.45) is 1.63. The molecule has 21 nitrogen and oxygen atoms in total. The van der Waals surface area contributed by atoms with Crippen molar-refractivity contribution in [1.82, 2.24) is 47.0 Å². The second-order valence-electron chi connectivity index (χ2n) is 15.7. The highest BCUT2D eigenvalue weighted by Gasteiger charge is 2.41. The van der Waals surface area contributed by atoms with Crippen molar-refractivity contribution >= 4 is 22.1 Å². The maximum absolute atomic E-state index is 14.5. The van der Waals surface area contributed by atoms with Crippen molar-refractivity contribution in [2.75, 3.05) is 28.4 Å². The van der Waals surface area contributed by atoms with Crippen LogP contribution in [0.25, 0.3) is 22.1 Å². The number of benzene rings is 3. The Morgan fingerprint density at radius 2 is 1.12 bits per heavy atom. The lowest BCUT2D eigenvalue weighted by atomic mass is 9.89. The molecule has 0 fully saturated rings. The van der Waals surface area contributed by atoms with E-state index in [4.69, 9.17) is 18.9 Å². The largest absolute Gasteiger partial charge is 0.508 e. The van der Waals surface area contributed by atoms with Gasteiger partial charge in [0.25, 0.3) is 11.1 Å². The van der Waals surface area contributed by atoms with Crippen molar-refractivity contribution in [3.8, 4) is 28.7 Å². The number of rotatable bonds is 11. The molecule has 2 aliphatic heterocycles. The molecule has 6 heterocycles. The maximum atomic E-state index is 14.5. The van der Waals surface area contributed by atoms with Gasteiger partial charge in [-0.2, -0.15) is 0 Å². The first-order chi connectivity index (χ1) is 30.7. The third-order valence-electron chi connectivity index (χ3n) is 12.3. The van der Waals surface area contributed by atoms with Gasteiger partial charge < -0.3 is 33.2 Å². The Bertz CT molecular complexity index is 3500. The van der Waals surface area contributed by atoms with Gasteiger partial charge in [0.2, 0.25) is 0 Å². The predicted molar refractivity (Wildman–Crippen MR) is 232 cm³/mol. The van der Waals surface area contributed by atoms with E-state index in [0.29, 0.717) is 61.8 Å². The first-order valence-corrected chi connectivity index (χ1v) is 20.3. The van der Waals surface area contributed by atoms with Crippen LogP contribution < -0.4 is 52.8 Å². The topological polar surface area (TPSA) is 225 Å². The summed E-state index contributed by atoms with van der Waals surface area (Å²) in [5, 5.41) is 10.5. The van der Waals surface area contributed by atoms with Crippen molar-refractivity contribution in [3.05, 3.63) is 139 Å². The Labute approximate surface area is 361 Å². The highest BCUT2D eigenvalue weighted by molar-refractivity contribution is 5.80. The Hall–Kier alpha value is -7.84. The molecule has 2 unspecified atom stereocenters. The monoisotopic (exact) mass is 876 g/mol. The molecular formula is C43H44N10O11. The molecule has 64 heavy (non-hydrogen) atoms. The van der Waals surface area contributed by atoms with E-state index in [1.807, 2.05) is 0 Å². The number of aryl methyl sites for hydroxylation is 5. The molecule has 2 atom stereocenters. The van der Waals surface area contributed by atoms with Gasteiger partial charge in [0.05, 0.1) is 69.6 Å². The van der Waals surface area contributed by atoms with E-state index in [2.05, 4.69) is 9.97 Å². The standard InChI is InChI=1S/C43H44N10O11/c1-22-16-23(8-9-32(22)54)37-24-10-15-50-40(57)48(13-11-25-38(55)46(2)29-19-35(63-6)33(61-4)17-27(29)44-25)42(59)52(50)31(24)21-51-41(58)49(43(60)53(37)51)14-12-26-39(56)47(3)30-20-36(64-7)34(62-5)18-28(30)45-26/h8-10,16-20,31,37,54H,11-15,21H2,1-7H3. The average Bonchev–Trinajstić information content (AvgIpc) is 3.69. The molecule has 1 N–H and O–H groups in total. The summed E-state index contributed by atoms with van der Waals surface area (Å²) in [7, 11) is 9.12. The second-order valence-corrected chi connectivity index (χ2v) is 15.7. The van der Waals surface area contributed by atoms with E-state index in [1.54, 1.807) is 63.5 Å². The quantitative estimate of drug-likeness (QED) is 0.177. The summed E-state index contributed by atoms with van der Waals surface area (Å²) in [4.78, 5) is 93.6. The van der Waals surface area contributed by atoms with E-state index < -0.39 is 46.0 Å². The van der Waals surface area contributed by atoms with Gasteiger partial charge in [0.15, 0.2) is 23.0 Å². The number of allylic oxidation sites excluding steroid dienone is 2. The summed E-state index contributed by atoms with van der Waals surface area (Å²) in [6, 6.07) is 9.56. The highest BCUT2D eigenvalue weighted by atomic mass is 16.5. The molecule has 9 rings (SSSR count). The molecule has 0 aliphatic carbocycles. The van der Waals surface area contributed by atoms with Crippen LogP contribution in [0.2, 0.25) is 0 Å². The van der Waals surface area contributed by atoms with Crippen LogP contribution in [0.5, 0.6) is 28.7 Å². The van der Waals surface area contributed by atoms with Crippen LogP contribution in [0.4, 0.5) is 0 Å². The number of hydrogen-bond acceptors (Lipinski definition) is 13. The van der Waals surface area contributed by atoms with Crippen LogP contribution in [-0.4, -0.2) is 80.5 Å². The number of methoxy groups -OCH3 is 4. The first kappa shape index (κ1) is 41.5. The van der Waals surface area contributed by atoms with Gasteiger partial charge in [0.1, 0.15) is 23.2 Å². The Kier molecular flexibility index (Phi) is 10.1. The normalized spacial score (nSPS) is 15.5. The molecule has 0 saturated carbocycles. The number of hydrogen-bond donors (Lipinski definition) is 1. The van der Waals surface area contributed by atoms with E-state index in [1.165, 1.54) is 62.4 Å². The number of fused-ring (bicyclic) bond motifs is 6. The van der Waals surface area contributed by atoms with E-state index in [9.17, 15) is 33.9 Å². The van der Waals surface area contributed by atoms with E-state index in [0.717, 1.165) is 9.13 Å². The number of phenols is 1. The fourth-order valence-electron chi connectivity index (χ4n) is 8.96. The number of phenolic OH excluding ortho intramolecular Hbond substituents is 1. The first-order valence-electron chi connectivity index (χ1n) is 20.3. The van der Waals surface area contributed by atoms with Crippen molar-refractivity contribution in [2.24, 2.45) is 14.1 Å². The summed E-state index contributed by atoms with van der Waals surface area (Å²) in [6.45, 7) is 1.08. The molecule has 21 heteroatoms. The summed E-state index contributed by atoms with van der Waals surface area (Å²) >= 11 is 0. The number of aromatic nitrogens is 10. The van der Waals surface area contributed by atoms with Crippen LogP contribution in [0.15, 0.2) is 82.9 Å². The van der Waals surface area contributed by atoms with Crippen molar-refractivity contribution in [3.63, 3.8) is 0 Å². The molecular weight excluding hydrogens is 833 g/mol. The van der Waals surface area contributed by atoms with Gasteiger partial charge in [-0.05, 0) is 35.8 Å². The third kappa shape index (κ3) is 6.28. The van der Waals surface area contributed by atoms with E-state index in [-0.39, 0.29) is 56.2 Å². The average molecular weight is 877 g/mol. The minimum atomic E-state index is -0.937. The van der Waals surface area contributed by atoms with Crippen LogP contribution in [-0.2, 0) is 53.1 Å². The Balaban J connectivity index is 1.10. The van der Waals surface area contributed by atoms with Crippen LogP contribution in [0.3, 0.4) is 0 Å². The molecule has 3 aromatic carbocycles. The van der Waals surface area contributed by atoms with Gasteiger partial charge in [0, 0.05) is 64.3 Å². The fourth-order valence-corrected chi connectivity index (χ4v) is 8.96. The van der Waals surface area contributed by atoms with Gasteiger partial charge >= 0.3 is 22.8 Å². The Morgan fingerprint density at radius 1 is 0.641 bits per heavy atom. The van der Waals surface area contributed by atoms with Crippen molar-refractivity contribution in [1.29, 1.82) is 0 Å². The zero-order chi connectivity index (χ0) is 45.5. The molecule has 7 aromatic rings. The van der Waals surface area contributed by atoms with Crippen molar-refractivity contribution < 1.29 is 24.1 Å². The SMILES string of the molecule is COc1cc2nc(CCn3c(=O)n4n(c3=O)C3Cn5c(=O)n(CCc6nc7cc(OC)c(OC)cc7n(C)c6=O)c(=O)n5C(c5ccc(O)c(C)c5)C3=CC4)c(=O)n(C)c2cc1OC. The molecule has 0 bridgehead atoms. The van der Waals surface area contributed by atoms with E-state index >= 15 is 0 Å². The van der Waals surface area contributed by atoms with Crippen molar-refractivity contribution in [2.45, 2.75) is 58.0 Å². The van der Waals surface area contributed by atoms with Crippen LogP contribution in [0.1, 0.15) is 34.6 Å². The lowest BCUT2D eigenvalue weighted by molar-refractivity contribution is 0.246. The molecule has 2 aliphatic rings. The lowest BCUT2D eigenvalue weighted by Crippen LogP contribution is -2.47.